The monoisotopic (exact) mass is 511 g/mol. The van der Waals surface area contributed by atoms with E-state index in [9.17, 15) is 14.0 Å². The van der Waals surface area contributed by atoms with Gasteiger partial charge in [-0.15, -0.1) is 0 Å². The van der Waals surface area contributed by atoms with E-state index >= 15 is 0 Å². The van der Waals surface area contributed by atoms with Gasteiger partial charge in [0.25, 0.3) is 0 Å². The first-order valence-electron chi connectivity index (χ1n) is 13.3. The molecular formula is C29H38FN3O4. The summed E-state index contributed by atoms with van der Waals surface area (Å²) in [5.41, 5.74) is 9.26. The summed E-state index contributed by atoms with van der Waals surface area (Å²) in [7, 11) is 0. The van der Waals surface area contributed by atoms with Crippen molar-refractivity contribution >= 4 is 12.0 Å². The van der Waals surface area contributed by atoms with E-state index in [1.165, 1.54) is 6.07 Å². The van der Waals surface area contributed by atoms with Crippen LogP contribution in [0.4, 0.5) is 9.18 Å². The van der Waals surface area contributed by atoms with Gasteiger partial charge in [0.1, 0.15) is 5.82 Å². The summed E-state index contributed by atoms with van der Waals surface area (Å²) in [5, 5.41) is 0. The summed E-state index contributed by atoms with van der Waals surface area (Å²) in [6.07, 6.45) is 3.49. The molecule has 8 heteroatoms. The molecule has 0 radical (unpaired) electrons. The molecule has 0 bridgehead atoms. The van der Waals surface area contributed by atoms with Crippen LogP contribution in [0.3, 0.4) is 0 Å². The van der Waals surface area contributed by atoms with Crippen LogP contribution in [-0.2, 0) is 27.3 Å². The molecule has 0 saturated carbocycles. The van der Waals surface area contributed by atoms with Gasteiger partial charge in [-0.1, -0.05) is 36.4 Å². The molecule has 2 heterocycles. The second-order valence-electron chi connectivity index (χ2n) is 10.3. The van der Waals surface area contributed by atoms with Gasteiger partial charge < -0.3 is 25.0 Å². The van der Waals surface area contributed by atoms with Crippen LogP contribution >= 0.6 is 0 Å². The Bertz CT molecular complexity index is 1060. The second kappa shape index (κ2) is 12.5. The molecule has 37 heavy (non-hydrogen) atoms. The fourth-order valence-electron chi connectivity index (χ4n) is 4.88. The largest absolute Gasteiger partial charge is 0.447 e. The predicted octanol–water partition coefficient (Wildman–Crippen LogP) is 4.51. The van der Waals surface area contributed by atoms with Crippen molar-refractivity contribution in [3.63, 3.8) is 0 Å². The molecule has 0 unspecified atom stereocenters. The molecule has 2 aromatic carbocycles. The minimum Gasteiger partial charge on any atom is -0.447 e. The van der Waals surface area contributed by atoms with Gasteiger partial charge in [0.05, 0.1) is 24.9 Å². The molecule has 200 valence electrons. The summed E-state index contributed by atoms with van der Waals surface area (Å²) in [6.45, 7) is 6.92. The van der Waals surface area contributed by atoms with Crippen LogP contribution in [0.5, 0.6) is 0 Å². The maximum atomic E-state index is 14.8. The lowest BCUT2D eigenvalue weighted by molar-refractivity contribution is -0.131. The molecule has 4 rings (SSSR count). The minimum absolute atomic E-state index is 0.0991. The third-order valence-corrected chi connectivity index (χ3v) is 7.04. The van der Waals surface area contributed by atoms with Crippen LogP contribution in [0.25, 0.3) is 11.1 Å². The fourth-order valence-corrected chi connectivity index (χ4v) is 4.88. The van der Waals surface area contributed by atoms with Crippen molar-refractivity contribution in [3.05, 3.63) is 59.4 Å². The van der Waals surface area contributed by atoms with Gasteiger partial charge in [0.15, 0.2) is 0 Å². The molecular weight excluding hydrogens is 473 g/mol. The number of piperidine rings is 1. The van der Waals surface area contributed by atoms with Gasteiger partial charge in [-0.3, -0.25) is 4.79 Å². The highest BCUT2D eigenvalue weighted by atomic mass is 19.1. The smallest absolute Gasteiger partial charge is 0.410 e. The molecule has 7 nitrogen and oxygen atoms in total. The minimum atomic E-state index is -0.723. The zero-order valence-electron chi connectivity index (χ0n) is 21.8. The number of carbonyl (C=O) groups is 2. The topological polar surface area (TPSA) is 85.1 Å². The quantitative estimate of drug-likeness (QED) is 0.564. The van der Waals surface area contributed by atoms with Crippen LogP contribution in [0.2, 0.25) is 0 Å². The van der Waals surface area contributed by atoms with Crippen molar-refractivity contribution in [2.24, 2.45) is 5.73 Å². The number of nitrogens with two attached hydrogens (primary N) is 1. The number of hydrogen-bond donors (Lipinski definition) is 1. The maximum Gasteiger partial charge on any atom is 0.410 e. The van der Waals surface area contributed by atoms with Gasteiger partial charge in [-0.05, 0) is 74.3 Å². The summed E-state index contributed by atoms with van der Waals surface area (Å²) in [5.74, 6) is -0.448. The number of amides is 2. The molecule has 0 aromatic heterocycles. The van der Waals surface area contributed by atoms with E-state index in [1.54, 1.807) is 15.9 Å². The highest BCUT2D eigenvalue weighted by Gasteiger charge is 2.26. The van der Waals surface area contributed by atoms with E-state index in [0.29, 0.717) is 25.3 Å². The number of likely N-dealkylation sites (tertiary alicyclic amines) is 2. The number of halogens is 1. The Morgan fingerprint density at radius 3 is 2.24 bits per heavy atom. The van der Waals surface area contributed by atoms with Crippen LogP contribution < -0.4 is 5.73 Å². The van der Waals surface area contributed by atoms with Crippen molar-refractivity contribution in [2.75, 3.05) is 26.2 Å². The van der Waals surface area contributed by atoms with Crippen LogP contribution in [0.1, 0.15) is 50.7 Å². The lowest BCUT2D eigenvalue weighted by Gasteiger charge is -2.31. The van der Waals surface area contributed by atoms with Crippen molar-refractivity contribution in [1.29, 1.82) is 0 Å². The molecule has 1 atom stereocenters. The summed E-state index contributed by atoms with van der Waals surface area (Å²) in [6, 6.07) is 12.3. The van der Waals surface area contributed by atoms with Crippen LogP contribution in [-0.4, -0.2) is 66.2 Å². The zero-order valence-corrected chi connectivity index (χ0v) is 21.8. The Morgan fingerprint density at radius 1 is 0.973 bits per heavy atom. The molecule has 2 fully saturated rings. The van der Waals surface area contributed by atoms with E-state index in [4.69, 9.17) is 15.2 Å². The van der Waals surface area contributed by atoms with Gasteiger partial charge in [0.2, 0.25) is 5.91 Å². The summed E-state index contributed by atoms with van der Waals surface area (Å²) < 4.78 is 26.2. The van der Waals surface area contributed by atoms with Crippen LogP contribution in [0, 0.1) is 5.82 Å². The van der Waals surface area contributed by atoms with Gasteiger partial charge >= 0.3 is 6.09 Å². The third kappa shape index (κ3) is 7.29. The fraction of sp³-hybridized carbons (Fsp3) is 0.517. The Balaban J connectivity index is 1.26. The molecule has 2 amide bonds. The predicted molar refractivity (Wildman–Crippen MR) is 140 cm³/mol. The Kier molecular flexibility index (Phi) is 9.16. The van der Waals surface area contributed by atoms with Crippen LogP contribution in [0.15, 0.2) is 42.5 Å². The molecule has 2 aliphatic heterocycles. The summed E-state index contributed by atoms with van der Waals surface area (Å²) >= 11 is 0. The van der Waals surface area contributed by atoms with E-state index in [2.05, 4.69) is 0 Å². The number of benzene rings is 2. The zero-order chi connectivity index (χ0) is 26.4. The first-order valence-corrected chi connectivity index (χ1v) is 13.3. The van der Waals surface area contributed by atoms with Gasteiger partial charge in [-0.25, -0.2) is 9.18 Å². The molecule has 2 aliphatic rings. The van der Waals surface area contributed by atoms with Gasteiger partial charge in [0, 0.05) is 26.2 Å². The number of hydrogen-bond acceptors (Lipinski definition) is 5. The molecule has 2 saturated heterocycles. The van der Waals surface area contributed by atoms with Crippen molar-refractivity contribution < 1.29 is 23.5 Å². The standard InChI is InChI=1S/C29H38FN3O4/c1-20(2)37-29(35)33-15-11-25(12-16-33)36-19-21-5-7-22(8-6-21)23-9-10-24(26(30)17-23)18-27(31)28(34)32-13-3-4-14-32/h5-10,17,20,25,27H,3-4,11-16,18-19,31H2,1-2H3/t27-/m0/s1. The molecule has 2 aromatic rings. The summed E-state index contributed by atoms with van der Waals surface area (Å²) in [4.78, 5) is 28.0. The lowest BCUT2D eigenvalue weighted by Crippen LogP contribution is -2.43. The Hall–Kier alpha value is -2.97. The van der Waals surface area contributed by atoms with Crippen molar-refractivity contribution in [2.45, 2.75) is 70.8 Å². The van der Waals surface area contributed by atoms with E-state index in [-0.39, 0.29) is 36.4 Å². The van der Waals surface area contributed by atoms with Gasteiger partial charge in [-0.2, -0.15) is 0 Å². The normalized spacial score (nSPS) is 17.3. The number of carbonyl (C=O) groups excluding carboxylic acids is 2. The molecule has 2 N–H and O–H groups in total. The lowest BCUT2D eigenvalue weighted by atomic mass is 9.99. The maximum absolute atomic E-state index is 14.8. The highest BCUT2D eigenvalue weighted by Crippen LogP contribution is 2.24. The van der Waals surface area contributed by atoms with Crippen molar-refractivity contribution in [3.8, 4) is 11.1 Å². The van der Waals surface area contributed by atoms with E-state index in [0.717, 1.165) is 55.5 Å². The number of rotatable bonds is 8. The Labute approximate surface area is 218 Å². The van der Waals surface area contributed by atoms with E-state index < -0.39 is 6.04 Å². The average Bonchev–Trinajstić information content (AvgIpc) is 3.43. The molecule has 0 aliphatic carbocycles. The average molecular weight is 512 g/mol. The first-order chi connectivity index (χ1) is 17.8. The number of nitrogens with zero attached hydrogens (tertiary/aromatic N) is 2. The Morgan fingerprint density at radius 2 is 1.62 bits per heavy atom. The first kappa shape index (κ1) is 27.1. The van der Waals surface area contributed by atoms with E-state index in [1.807, 2.05) is 44.2 Å². The van der Waals surface area contributed by atoms with Crippen molar-refractivity contribution in [1.82, 2.24) is 9.80 Å². The second-order valence-corrected chi connectivity index (χ2v) is 10.3. The SMILES string of the molecule is CC(C)OC(=O)N1CCC(OCc2ccc(-c3ccc(C[C@H](N)C(=O)N4CCCC4)c(F)c3)cc2)CC1. The molecule has 0 spiro atoms. The number of ether oxygens (including phenoxy) is 2. The third-order valence-electron chi connectivity index (χ3n) is 7.04. The highest BCUT2D eigenvalue weighted by molar-refractivity contribution is 5.82.